The molecule has 3 aromatic rings. The third kappa shape index (κ3) is 4.51. The molecule has 0 atom stereocenters. The summed E-state index contributed by atoms with van der Waals surface area (Å²) in [6.45, 7) is 4.77. The summed E-state index contributed by atoms with van der Waals surface area (Å²) in [5, 5.41) is 0. The van der Waals surface area contributed by atoms with Crippen LogP contribution in [0.5, 0.6) is 0 Å². The number of aromatic nitrogens is 3. The zero-order chi connectivity index (χ0) is 21.2. The van der Waals surface area contributed by atoms with Gasteiger partial charge in [0.1, 0.15) is 5.52 Å². The molecule has 8 nitrogen and oxygen atoms in total. The minimum absolute atomic E-state index is 0.0381. The van der Waals surface area contributed by atoms with Gasteiger partial charge in [0.25, 0.3) is 15.7 Å². The van der Waals surface area contributed by atoms with Crippen molar-refractivity contribution in [3.63, 3.8) is 0 Å². The molecule has 0 spiro atoms. The lowest BCUT2D eigenvalue weighted by molar-refractivity contribution is 0.311. The Morgan fingerprint density at radius 2 is 1.62 bits per heavy atom. The van der Waals surface area contributed by atoms with Crippen LogP contribution in [-0.2, 0) is 34.0 Å². The van der Waals surface area contributed by atoms with Crippen molar-refractivity contribution in [3.8, 4) is 11.3 Å². The first-order valence-corrected chi connectivity index (χ1v) is 11.4. The summed E-state index contributed by atoms with van der Waals surface area (Å²) in [4.78, 5) is 28.8. The van der Waals surface area contributed by atoms with E-state index in [0.717, 1.165) is 18.2 Å². The second-order valence-electron chi connectivity index (χ2n) is 7.00. The second kappa shape index (κ2) is 8.38. The van der Waals surface area contributed by atoms with Crippen LogP contribution in [0.3, 0.4) is 0 Å². The summed E-state index contributed by atoms with van der Waals surface area (Å²) in [6, 6.07) is 8.98. The van der Waals surface area contributed by atoms with E-state index in [9.17, 15) is 18.0 Å². The van der Waals surface area contributed by atoms with Crippen molar-refractivity contribution < 1.29 is 12.6 Å². The Morgan fingerprint density at radius 3 is 2.21 bits per heavy atom. The molecule has 0 aliphatic rings. The van der Waals surface area contributed by atoms with Crippen LogP contribution in [0.4, 0.5) is 0 Å². The van der Waals surface area contributed by atoms with Gasteiger partial charge in [-0.3, -0.25) is 18.1 Å². The molecule has 0 fully saturated rings. The molecule has 29 heavy (non-hydrogen) atoms. The molecule has 1 N–H and O–H groups in total. The summed E-state index contributed by atoms with van der Waals surface area (Å²) < 4.78 is 30.0. The second-order valence-corrected chi connectivity index (χ2v) is 8.64. The van der Waals surface area contributed by atoms with Gasteiger partial charge in [0.15, 0.2) is 0 Å². The SMILES string of the molecule is CCCn1c(=O)c2[nH]c(-c3ccc(COS(C)(=O)=O)cc3)cc2n(CCC)c1=O. The molecule has 1 aromatic carbocycles. The van der Waals surface area contributed by atoms with Crippen molar-refractivity contribution in [3.05, 3.63) is 56.7 Å². The van der Waals surface area contributed by atoms with Gasteiger partial charge in [0, 0.05) is 18.8 Å². The summed E-state index contributed by atoms with van der Waals surface area (Å²) in [5.74, 6) is 0. The molecule has 9 heteroatoms. The number of benzene rings is 1. The maximum absolute atomic E-state index is 12.8. The lowest BCUT2D eigenvalue weighted by atomic mass is 10.1. The Labute approximate surface area is 168 Å². The average Bonchev–Trinajstić information content (AvgIpc) is 3.12. The van der Waals surface area contributed by atoms with Crippen LogP contribution in [0.1, 0.15) is 32.3 Å². The monoisotopic (exact) mass is 419 g/mol. The predicted octanol–water partition coefficient (Wildman–Crippen LogP) is 2.45. The Morgan fingerprint density at radius 1 is 1.00 bits per heavy atom. The molecule has 2 aromatic heterocycles. The van der Waals surface area contributed by atoms with Crippen LogP contribution in [-0.4, -0.2) is 28.8 Å². The van der Waals surface area contributed by atoms with Crippen molar-refractivity contribution in [2.75, 3.05) is 6.26 Å². The van der Waals surface area contributed by atoms with Gasteiger partial charge in [-0.2, -0.15) is 8.42 Å². The van der Waals surface area contributed by atoms with Gasteiger partial charge >= 0.3 is 5.69 Å². The Balaban J connectivity index is 2.05. The van der Waals surface area contributed by atoms with E-state index in [0.29, 0.717) is 41.8 Å². The van der Waals surface area contributed by atoms with Crippen LogP contribution in [0.2, 0.25) is 0 Å². The van der Waals surface area contributed by atoms with Crippen molar-refractivity contribution in [2.45, 2.75) is 46.4 Å². The number of hydrogen-bond donors (Lipinski definition) is 1. The fourth-order valence-corrected chi connectivity index (χ4v) is 3.61. The highest BCUT2D eigenvalue weighted by molar-refractivity contribution is 7.85. The zero-order valence-corrected chi connectivity index (χ0v) is 17.6. The number of H-pyrrole nitrogens is 1. The molecule has 0 saturated carbocycles. The molecule has 0 saturated heterocycles. The minimum Gasteiger partial charge on any atom is -0.349 e. The first-order valence-electron chi connectivity index (χ1n) is 9.55. The first-order chi connectivity index (χ1) is 13.7. The third-order valence-corrected chi connectivity index (χ3v) is 5.15. The number of fused-ring (bicyclic) bond motifs is 1. The largest absolute Gasteiger partial charge is 0.349 e. The zero-order valence-electron chi connectivity index (χ0n) is 16.8. The lowest BCUT2D eigenvalue weighted by Crippen LogP contribution is -2.39. The maximum atomic E-state index is 12.8. The molecule has 2 heterocycles. The molecule has 0 unspecified atom stereocenters. The van der Waals surface area contributed by atoms with Crippen molar-refractivity contribution in [2.24, 2.45) is 0 Å². The smallest absolute Gasteiger partial charge is 0.331 e. The predicted molar refractivity (Wildman–Crippen MR) is 112 cm³/mol. The Kier molecular flexibility index (Phi) is 6.09. The summed E-state index contributed by atoms with van der Waals surface area (Å²) in [5.41, 5.74) is 2.64. The van der Waals surface area contributed by atoms with Gasteiger partial charge < -0.3 is 4.98 Å². The maximum Gasteiger partial charge on any atom is 0.331 e. The van der Waals surface area contributed by atoms with E-state index in [4.69, 9.17) is 4.18 Å². The summed E-state index contributed by atoms with van der Waals surface area (Å²) in [6.07, 6.45) is 2.47. The van der Waals surface area contributed by atoms with Gasteiger partial charge in [-0.05, 0) is 30.0 Å². The Hall–Kier alpha value is -2.65. The number of aromatic amines is 1. The summed E-state index contributed by atoms with van der Waals surface area (Å²) >= 11 is 0. The molecule has 0 radical (unpaired) electrons. The molecular weight excluding hydrogens is 394 g/mol. The van der Waals surface area contributed by atoms with Gasteiger partial charge in [-0.25, -0.2) is 4.79 Å². The quantitative estimate of drug-likeness (QED) is 0.565. The standard InChI is InChI=1S/C20H25N3O5S/c1-4-10-22-17-12-16(21-18(17)19(24)23(11-5-2)20(22)25)15-8-6-14(7-9-15)13-28-29(3,26)27/h6-9,12,21H,4-5,10-11,13H2,1-3H3. The first kappa shape index (κ1) is 21.1. The van der Waals surface area contributed by atoms with E-state index in [2.05, 4.69) is 4.98 Å². The van der Waals surface area contributed by atoms with Crippen LogP contribution in [0.15, 0.2) is 39.9 Å². The highest BCUT2D eigenvalue weighted by Crippen LogP contribution is 2.23. The molecule has 3 rings (SSSR count). The lowest BCUT2D eigenvalue weighted by Gasteiger charge is -2.10. The van der Waals surface area contributed by atoms with Crippen LogP contribution in [0.25, 0.3) is 22.3 Å². The minimum atomic E-state index is -3.51. The summed E-state index contributed by atoms with van der Waals surface area (Å²) in [7, 11) is -3.51. The number of nitrogens with one attached hydrogen (secondary N) is 1. The molecule has 0 aliphatic heterocycles. The number of nitrogens with zero attached hydrogens (tertiary/aromatic N) is 2. The average molecular weight is 420 g/mol. The van der Waals surface area contributed by atoms with Gasteiger partial charge in [0.2, 0.25) is 0 Å². The molecular formula is C20H25N3O5S. The number of rotatable bonds is 8. The molecule has 0 amide bonds. The van der Waals surface area contributed by atoms with Crippen LogP contribution in [0, 0.1) is 0 Å². The van der Waals surface area contributed by atoms with Gasteiger partial charge in [0.05, 0.1) is 18.4 Å². The fraction of sp³-hybridized carbons (Fsp3) is 0.400. The van der Waals surface area contributed by atoms with Crippen molar-refractivity contribution in [1.82, 2.24) is 14.1 Å². The van der Waals surface area contributed by atoms with Gasteiger partial charge in [-0.15, -0.1) is 0 Å². The number of hydrogen-bond acceptors (Lipinski definition) is 5. The fourth-order valence-electron chi connectivity index (χ4n) is 3.26. The van der Waals surface area contributed by atoms with Gasteiger partial charge in [-0.1, -0.05) is 38.1 Å². The Bertz CT molecular complexity index is 1230. The van der Waals surface area contributed by atoms with E-state index in [-0.39, 0.29) is 17.9 Å². The highest BCUT2D eigenvalue weighted by Gasteiger charge is 2.16. The topological polar surface area (TPSA) is 103 Å². The molecule has 0 aliphatic carbocycles. The van der Waals surface area contributed by atoms with Crippen LogP contribution < -0.4 is 11.2 Å². The van der Waals surface area contributed by atoms with E-state index < -0.39 is 10.1 Å². The van der Waals surface area contributed by atoms with Crippen molar-refractivity contribution in [1.29, 1.82) is 0 Å². The highest BCUT2D eigenvalue weighted by atomic mass is 32.2. The normalized spacial score (nSPS) is 12.0. The third-order valence-electron chi connectivity index (χ3n) is 4.61. The molecule has 156 valence electrons. The van der Waals surface area contributed by atoms with E-state index in [1.165, 1.54) is 4.57 Å². The van der Waals surface area contributed by atoms with E-state index in [1.807, 2.05) is 32.0 Å². The van der Waals surface area contributed by atoms with Crippen molar-refractivity contribution >= 4 is 21.2 Å². The van der Waals surface area contributed by atoms with E-state index >= 15 is 0 Å². The molecule has 0 bridgehead atoms. The van der Waals surface area contributed by atoms with Crippen LogP contribution >= 0.6 is 0 Å². The number of aryl methyl sites for hydroxylation is 1. The van der Waals surface area contributed by atoms with E-state index in [1.54, 1.807) is 16.7 Å².